The molecule has 0 radical (unpaired) electrons. The summed E-state index contributed by atoms with van der Waals surface area (Å²) in [7, 11) is 0. The number of hydrogen-bond acceptors (Lipinski definition) is 1. The van der Waals surface area contributed by atoms with Gasteiger partial charge in [0.2, 0.25) is 5.91 Å². The van der Waals surface area contributed by atoms with Crippen molar-refractivity contribution >= 4 is 23.2 Å². The molecule has 1 unspecified atom stereocenters. The molecule has 1 aliphatic heterocycles. The lowest BCUT2D eigenvalue weighted by atomic mass is 10.00. The molecule has 0 fully saturated rings. The lowest BCUT2D eigenvalue weighted by Gasteiger charge is -2.25. The first-order valence-corrected chi connectivity index (χ1v) is 8.04. The minimum Gasteiger partial charge on any atom is -0.330 e. The Morgan fingerprint density at radius 1 is 1.09 bits per heavy atom. The van der Waals surface area contributed by atoms with Crippen LogP contribution >= 0.6 is 11.6 Å². The molecule has 0 saturated carbocycles. The van der Waals surface area contributed by atoms with Crippen LogP contribution in [0.5, 0.6) is 0 Å². The molecule has 2 N–H and O–H groups in total. The zero-order valence-corrected chi connectivity index (χ0v) is 13.2. The van der Waals surface area contributed by atoms with Gasteiger partial charge in [0.15, 0.2) is 0 Å². The number of amides is 1. The van der Waals surface area contributed by atoms with E-state index in [1.165, 1.54) is 16.0 Å². The SMILES string of the molecule is O=C(CC[NH+]1CCc2ccccc2C1)Nc1ccc(Cl)cc1. The Bertz CT molecular complexity index is 654. The van der Waals surface area contributed by atoms with Crippen LogP contribution in [0, 0.1) is 0 Å². The largest absolute Gasteiger partial charge is 0.330 e. The van der Waals surface area contributed by atoms with Gasteiger partial charge in [-0.15, -0.1) is 0 Å². The van der Waals surface area contributed by atoms with Crippen molar-refractivity contribution in [1.82, 2.24) is 0 Å². The normalized spacial score (nSPS) is 16.9. The minimum absolute atomic E-state index is 0.0636. The fourth-order valence-corrected chi connectivity index (χ4v) is 3.03. The van der Waals surface area contributed by atoms with E-state index in [4.69, 9.17) is 11.6 Å². The van der Waals surface area contributed by atoms with Gasteiger partial charge in [-0.2, -0.15) is 0 Å². The highest BCUT2D eigenvalue weighted by atomic mass is 35.5. The third-order valence-corrected chi connectivity index (χ3v) is 4.39. The van der Waals surface area contributed by atoms with E-state index >= 15 is 0 Å². The third kappa shape index (κ3) is 3.87. The fraction of sp³-hybridized carbons (Fsp3) is 0.278. The van der Waals surface area contributed by atoms with Crippen LogP contribution in [0.1, 0.15) is 17.5 Å². The van der Waals surface area contributed by atoms with Gasteiger partial charge in [-0.25, -0.2) is 0 Å². The Morgan fingerprint density at radius 2 is 1.82 bits per heavy atom. The number of quaternary nitrogens is 1. The van der Waals surface area contributed by atoms with Crippen molar-refractivity contribution in [1.29, 1.82) is 0 Å². The number of fused-ring (bicyclic) bond motifs is 1. The van der Waals surface area contributed by atoms with E-state index < -0.39 is 0 Å². The van der Waals surface area contributed by atoms with Crippen LogP contribution in [0.4, 0.5) is 5.69 Å². The zero-order chi connectivity index (χ0) is 15.4. The molecule has 1 amide bonds. The standard InChI is InChI=1S/C18H19ClN2O/c19-16-5-7-17(8-6-16)20-18(22)10-12-21-11-9-14-3-1-2-4-15(14)13-21/h1-8H,9-13H2,(H,20,22)/p+1. The van der Waals surface area contributed by atoms with Gasteiger partial charge in [-0.1, -0.05) is 35.9 Å². The van der Waals surface area contributed by atoms with Crippen molar-refractivity contribution in [2.45, 2.75) is 19.4 Å². The Labute approximate surface area is 135 Å². The number of anilines is 1. The Kier molecular flexibility index (Phi) is 4.76. The van der Waals surface area contributed by atoms with Crippen molar-refractivity contribution in [2.75, 3.05) is 18.4 Å². The van der Waals surface area contributed by atoms with E-state index in [0.29, 0.717) is 11.4 Å². The van der Waals surface area contributed by atoms with Gasteiger partial charge in [0.1, 0.15) is 6.54 Å². The average Bonchev–Trinajstić information content (AvgIpc) is 2.55. The van der Waals surface area contributed by atoms with Crippen LogP contribution < -0.4 is 10.2 Å². The van der Waals surface area contributed by atoms with E-state index in [9.17, 15) is 4.79 Å². The van der Waals surface area contributed by atoms with Crippen molar-refractivity contribution in [3.05, 3.63) is 64.7 Å². The summed E-state index contributed by atoms with van der Waals surface area (Å²) in [5.74, 6) is 0.0636. The number of hydrogen-bond donors (Lipinski definition) is 2. The van der Waals surface area contributed by atoms with E-state index in [-0.39, 0.29) is 5.91 Å². The van der Waals surface area contributed by atoms with E-state index in [1.54, 1.807) is 12.1 Å². The van der Waals surface area contributed by atoms with Crippen molar-refractivity contribution < 1.29 is 9.69 Å². The third-order valence-electron chi connectivity index (χ3n) is 4.14. The Hall–Kier alpha value is -1.84. The van der Waals surface area contributed by atoms with Gasteiger partial charge in [0.25, 0.3) is 0 Å². The highest BCUT2D eigenvalue weighted by Crippen LogP contribution is 2.13. The second-order valence-electron chi connectivity index (χ2n) is 5.75. The maximum absolute atomic E-state index is 12.0. The van der Waals surface area contributed by atoms with Crippen LogP contribution in [-0.2, 0) is 17.8 Å². The van der Waals surface area contributed by atoms with Crippen molar-refractivity contribution in [3.63, 3.8) is 0 Å². The van der Waals surface area contributed by atoms with Gasteiger partial charge < -0.3 is 10.2 Å². The first-order chi connectivity index (χ1) is 10.7. The van der Waals surface area contributed by atoms with Crippen LogP contribution in [0.2, 0.25) is 5.02 Å². The highest BCUT2D eigenvalue weighted by molar-refractivity contribution is 6.30. The smallest absolute Gasteiger partial charge is 0.230 e. The van der Waals surface area contributed by atoms with Gasteiger partial charge in [0.05, 0.1) is 19.5 Å². The summed E-state index contributed by atoms with van der Waals surface area (Å²) in [4.78, 5) is 13.5. The molecule has 0 saturated heterocycles. The van der Waals surface area contributed by atoms with Crippen molar-refractivity contribution in [3.8, 4) is 0 Å². The monoisotopic (exact) mass is 315 g/mol. The number of rotatable bonds is 4. The molecule has 114 valence electrons. The summed E-state index contributed by atoms with van der Waals surface area (Å²) < 4.78 is 0. The predicted octanol–water partition coefficient (Wildman–Crippen LogP) is 2.31. The first kappa shape index (κ1) is 15.1. The van der Waals surface area contributed by atoms with Crippen LogP contribution in [-0.4, -0.2) is 19.0 Å². The Balaban J connectivity index is 1.49. The molecule has 1 atom stereocenters. The molecule has 0 spiro atoms. The molecular weight excluding hydrogens is 296 g/mol. The van der Waals surface area contributed by atoms with E-state index in [1.807, 2.05) is 12.1 Å². The average molecular weight is 316 g/mol. The quantitative estimate of drug-likeness (QED) is 0.892. The summed E-state index contributed by atoms with van der Waals surface area (Å²) >= 11 is 5.84. The zero-order valence-electron chi connectivity index (χ0n) is 12.4. The Morgan fingerprint density at radius 3 is 2.59 bits per heavy atom. The molecule has 1 heterocycles. The maximum Gasteiger partial charge on any atom is 0.230 e. The molecule has 4 heteroatoms. The van der Waals surface area contributed by atoms with Gasteiger partial charge in [0, 0.05) is 22.7 Å². The molecule has 2 aromatic carbocycles. The highest BCUT2D eigenvalue weighted by Gasteiger charge is 2.19. The lowest BCUT2D eigenvalue weighted by molar-refractivity contribution is -0.915. The van der Waals surface area contributed by atoms with E-state index in [2.05, 4.69) is 29.6 Å². The second-order valence-corrected chi connectivity index (χ2v) is 6.19. The molecule has 3 rings (SSSR count). The summed E-state index contributed by atoms with van der Waals surface area (Å²) in [5, 5.41) is 3.59. The summed E-state index contributed by atoms with van der Waals surface area (Å²) in [5.41, 5.74) is 3.67. The molecule has 2 aromatic rings. The maximum atomic E-state index is 12.0. The number of halogens is 1. The molecule has 22 heavy (non-hydrogen) atoms. The first-order valence-electron chi connectivity index (χ1n) is 7.66. The molecule has 1 aliphatic rings. The number of carbonyl (C=O) groups is 1. The summed E-state index contributed by atoms with van der Waals surface area (Å²) in [6.07, 6.45) is 1.64. The van der Waals surface area contributed by atoms with Crippen LogP contribution in [0.3, 0.4) is 0 Å². The fourth-order valence-electron chi connectivity index (χ4n) is 2.90. The minimum atomic E-state index is 0.0636. The van der Waals surface area contributed by atoms with E-state index in [0.717, 1.165) is 31.7 Å². The lowest BCUT2D eigenvalue weighted by Crippen LogP contribution is -3.11. The number of nitrogens with one attached hydrogen (secondary N) is 2. The molecule has 0 aliphatic carbocycles. The second kappa shape index (κ2) is 6.95. The summed E-state index contributed by atoms with van der Waals surface area (Å²) in [6.45, 7) is 2.99. The molecular formula is C18H20ClN2O+. The molecule has 0 aromatic heterocycles. The van der Waals surface area contributed by atoms with Gasteiger partial charge in [-0.3, -0.25) is 4.79 Å². The number of carbonyl (C=O) groups excluding carboxylic acids is 1. The van der Waals surface area contributed by atoms with Gasteiger partial charge >= 0.3 is 0 Å². The van der Waals surface area contributed by atoms with Gasteiger partial charge in [-0.05, 0) is 29.8 Å². The number of benzene rings is 2. The molecule has 0 bridgehead atoms. The topological polar surface area (TPSA) is 33.5 Å². The van der Waals surface area contributed by atoms with Crippen LogP contribution in [0.25, 0.3) is 0 Å². The van der Waals surface area contributed by atoms with Crippen LogP contribution in [0.15, 0.2) is 48.5 Å². The predicted molar refractivity (Wildman–Crippen MR) is 89.2 cm³/mol. The molecule has 3 nitrogen and oxygen atoms in total. The van der Waals surface area contributed by atoms with Crippen molar-refractivity contribution in [2.24, 2.45) is 0 Å². The summed E-state index contributed by atoms with van der Waals surface area (Å²) in [6, 6.07) is 15.8.